The zero-order valence-corrected chi connectivity index (χ0v) is 25.3. The molecule has 0 spiro atoms. The molecule has 0 bridgehead atoms. The minimum atomic E-state index is 0.556. The highest BCUT2D eigenvalue weighted by molar-refractivity contribution is 5.26. The van der Waals surface area contributed by atoms with Crippen molar-refractivity contribution in [1.29, 1.82) is 0 Å². The molecule has 0 aromatic rings. The van der Waals surface area contributed by atoms with Crippen molar-refractivity contribution in [2.75, 3.05) is 13.1 Å². The Morgan fingerprint density at radius 2 is 1.82 bits per heavy atom. The standard InChI is InChI=1S/C38H56N2/c1-28(19-20-32(29-11-4-2-5-12-29)27-40-34-15-6-3-7-16-34)35-21-22-36(38-18-9-8-17-37(35)38)31-14-10-13-30(25-31)33-23-24-39-26-33/h2,4-6,11,15-16,20,23-24,28-31,33,35-40H,3,7-10,12-14,17-19,21-22,25-27H2,1H3/b32-20+. The number of fused-ring (bicyclic) bond motifs is 1. The lowest BCUT2D eigenvalue weighted by atomic mass is 9.54. The molecule has 0 amide bonds. The minimum Gasteiger partial charge on any atom is -0.391 e. The van der Waals surface area contributed by atoms with Crippen molar-refractivity contribution in [3.8, 4) is 0 Å². The van der Waals surface area contributed by atoms with Gasteiger partial charge in [-0.15, -0.1) is 0 Å². The third kappa shape index (κ3) is 6.74. The lowest BCUT2D eigenvalue weighted by molar-refractivity contribution is -0.0147. The van der Waals surface area contributed by atoms with E-state index in [-0.39, 0.29) is 0 Å². The molecule has 9 atom stereocenters. The zero-order chi connectivity index (χ0) is 27.1. The molecule has 2 N–H and O–H groups in total. The fourth-order valence-electron chi connectivity index (χ4n) is 9.86. The summed E-state index contributed by atoms with van der Waals surface area (Å²) in [7, 11) is 0. The highest BCUT2D eigenvalue weighted by Gasteiger charge is 2.45. The molecule has 5 aliphatic carbocycles. The molecule has 0 saturated heterocycles. The molecule has 9 unspecified atom stereocenters. The number of hydrogen-bond acceptors (Lipinski definition) is 2. The van der Waals surface area contributed by atoms with Gasteiger partial charge in [-0.3, -0.25) is 0 Å². The van der Waals surface area contributed by atoms with Crippen LogP contribution in [0.1, 0.15) is 96.8 Å². The van der Waals surface area contributed by atoms with E-state index in [0.717, 1.165) is 60.3 Å². The summed E-state index contributed by atoms with van der Waals surface area (Å²) >= 11 is 0. The van der Waals surface area contributed by atoms with Crippen LogP contribution in [0, 0.1) is 53.3 Å². The molecule has 0 aromatic carbocycles. The van der Waals surface area contributed by atoms with E-state index in [1.165, 1.54) is 95.7 Å². The summed E-state index contributed by atoms with van der Waals surface area (Å²) in [6.45, 7) is 4.79. The first-order chi connectivity index (χ1) is 19.8. The number of nitrogens with one attached hydrogen (secondary N) is 2. The van der Waals surface area contributed by atoms with Gasteiger partial charge in [-0.2, -0.15) is 0 Å². The van der Waals surface area contributed by atoms with Gasteiger partial charge in [-0.1, -0.05) is 81.2 Å². The minimum absolute atomic E-state index is 0.556. The number of rotatable bonds is 9. The molecule has 3 fully saturated rings. The first-order valence-corrected chi connectivity index (χ1v) is 17.3. The molecular weight excluding hydrogens is 484 g/mol. The van der Waals surface area contributed by atoms with Crippen molar-refractivity contribution in [2.45, 2.75) is 96.8 Å². The number of hydrogen-bond donors (Lipinski definition) is 2. The zero-order valence-electron chi connectivity index (χ0n) is 25.3. The maximum atomic E-state index is 3.77. The molecule has 2 heteroatoms. The average molecular weight is 541 g/mol. The van der Waals surface area contributed by atoms with E-state index in [4.69, 9.17) is 0 Å². The predicted molar refractivity (Wildman–Crippen MR) is 170 cm³/mol. The van der Waals surface area contributed by atoms with Gasteiger partial charge >= 0.3 is 0 Å². The lowest BCUT2D eigenvalue weighted by Crippen LogP contribution is -2.43. The van der Waals surface area contributed by atoms with E-state index in [2.05, 4.69) is 78.4 Å². The average Bonchev–Trinajstić information content (AvgIpc) is 3.57. The van der Waals surface area contributed by atoms with Crippen molar-refractivity contribution >= 4 is 0 Å². The molecule has 0 aromatic heterocycles. The Kier molecular flexibility index (Phi) is 9.72. The SMILES string of the molecule is CC(C/C=C(\CNC1=CCCC=C1)C1C=CC=CC1)C1CCC(C2CCCC(C3C=CNC3)C2)C2CCCCC12. The van der Waals surface area contributed by atoms with E-state index in [1.807, 2.05) is 0 Å². The topological polar surface area (TPSA) is 24.1 Å². The summed E-state index contributed by atoms with van der Waals surface area (Å²) in [6, 6.07) is 0. The van der Waals surface area contributed by atoms with Crippen LogP contribution in [0.5, 0.6) is 0 Å². The van der Waals surface area contributed by atoms with Gasteiger partial charge < -0.3 is 10.6 Å². The van der Waals surface area contributed by atoms with Crippen molar-refractivity contribution in [2.24, 2.45) is 53.3 Å². The van der Waals surface area contributed by atoms with Gasteiger partial charge in [-0.05, 0) is 129 Å². The van der Waals surface area contributed by atoms with Crippen LogP contribution >= 0.6 is 0 Å². The summed E-state index contributed by atoms with van der Waals surface area (Å²) < 4.78 is 0. The molecule has 1 aliphatic heterocycles. The molecule has 6 aliphatic rings. The second-order valence-corrected chi connectivity index (χ2v) is 14.3. The Morgan fingerprint density at radius 3 is 2.62 bits per heavy atom. The Morgan fingerprint density at radius 1 is 0.925 bits per heavy atom. The maximum absolute atomic E-state index is 3.77. The lowest BCUT2D eigenvalue weighted by Gasteiger charge is -2.51. The van der Waals surface area contributed by atoms with Crippen molar-refractivity contribution < 1.29 is 0 Å². The number of allylic oxidation sites excluding steroid dienone is 8. The van der Waals surface area contributed by atoms with Gasteiger partial charge in [0, 0.05) is 24.7 Å². The monoisotopic (exact) mass is 540 g/mol. The highest BCUT2D eigenvalue weighted by Crippen LogP contribution is 2.54. The second kappa shape index (κ2) is 13.8. The van der Waals surface area contributed by atoms with Gasteiger partial charge in [0.25, 0.3) is 0 Å². The summed E-state index contributed by atoms with van der Waals surface area (Å²) in [5.41, 5.74) is 2.92. The van der Waals surface area contributed by atoms with Crippen molar-refractivity contribution in [3.05, 3.63) is 72.2 Å². The predicted octanol–water partition coefficient (Wildman–Crippen LogP) is 9.27. The summed E-state index contributed by atoms with van der Waals surface area (Å²) in [4.78, 5) is 0. The third-order valence-electron chi connectivity index (χ3n) is 12.0. The molecule has 40 heavy (non-hydrogen) atoms. The molecule has 6 rings (SSSR count). The van der Waals surface area contributed by atoms with Gasteiger partial charge in [0.15, 0.2) is 0 Å². The first kappa shape index (κ1) is 28.2. The second-order valence-electron chi connectivity index (χ2n) is 14.3. The maximum Gasteiger partial charge on any atom is 0.0366 e. The fraction of sp³-hybridized carbons (Fsp3) is 0.684. The molecule has 218 valence electrons. The normalized spacial score (nSPS) is 38.4. The quantitative estimate of drug-likeness (QED) is 0.285. The van der Waals surface area contributed by atoms with Crippen LogP contribution in [-0.2, 0) is 0 Å². The first-order valence-electron chi connectivity index (χ1n) is 17.3. The Hall–Kier alpha value is -1.96. The van der Waals surface area contributed by atoms with Gasteiger partial charge in [-0.25, -0.2) is 0 Å². The van der Waals surface area contributed by atoms with Crippen LogP contribution in [0.25, 0.3) is 0 Å². The fourth-order valence-corrected chi connectivity index (χ4v) is 9.86. The van der Waals surface area contributed by atoms with Crippen molar-refractivity contribution in [3.63, 3.8) is 0 Å². The van der Waals surface area contributed by atoms with E-state index in [1.54, 1.807) is 5.57 Å². The molecular formula is C38H56N2. The Balaban J connectivity index is 1.10. The smallest absolute Gasteiger partial charge is 0.0366 e. The van der Waals surface area contributed by atoms with Crippen LogP contribution in [0.15, 0.2) is 72.2 Å². The third-order valence-corrected chi connectivity index (χ3v) is 12.0. The van der Waals surface area contributed by atoms with E-state index >= 15 is 0 Å². The van der Waals surface area contributed by atoms with E-state index in [0.29, 0.717) is 5.92 Å². The van der Waals surface area contributed by atoms with E-state index in [9.17, 15) is 0 Å². The summed E-state index contributed by atoms with van der Waals surface area (Å²) in [6.07, 6.45) is 43.3. The highest BCUT2D eigenvalue weighted by atomic mass is 14.9. The Labute approximate surface area is 245 Å². The Bertz CT molecular complexity index is 1010. The van der Waals surface area contributed by atoms with Gasteiger partial charge in [0.2, 0.25) is 0 Å². The van der Waals surface area contributed by atoms with Crippen LogP contribution in [0.3, 0.4) is 0 Å². The largest absolute Gasteiger partial charge is 0.391 e. The van der Waals surface area contributed by atoms with Crippen LogP contribution in [0.4, 0.5) is 0 Å². The van der Waals surface area contributed by atoms with Gasteiger partial charge in [0.05, 0.1) is 0 Å². The molecule has 1 heterocycles. The van der Waals surface area contributed by atoms with Crippen molar-refractivity contribution in [1.82, 2.24) is 10.6 Å². The molecule has 3 saturated carbocycles. The van der Waals surface area contributed by atoms with E-state index < -0.39 is 0 Å². The van der Waals surface area contributed by atoms with Crippen LogP contribution < -0.4 is 10.6 Å². The summed E-state index contributed by atoms with van der Waals surface area (Å²) in [5.74, 6) is 8.04. The molecule has 2 nitrogen and oxygen atoms in total. The van der Waals surface area contributed by atoms with Crippen LogP contribution in [0.2, 0.25) is 0 Å². The van der Waals surface area contributed by atoms with Crippen LogP contribution in [-0.4, -0.2) is 13.1 Å². The molecule has 0 radical (unpaired) electrons. The summed E-state index contributed by atoms with van der Waals surface area (Å²) in [5, 5.41) is 7.26. The van der Waals surface area contributed by atoms with Gasteiger partial charge in [0.1, 0.15) is 0 Å².